The molecule has 2 saturated heterocycles. The van der Waals surface area contributed by atoms with E-state index in [2.05, 4.69) is 31.9 Å². The highest BCUT2D eigenvalue weighted by molar-refractivity contribution is 9.11. The Morgan fingerprint density at radius 3 is 2.76 bits per heavy atom. The Bertz CT molecular complexity index is 745. The van der Waals surface area contributed by atoms with Crippen molar-refractivity contribution in [2.45, 2.75) is 50.9 Å². The average molecular weight is 427 g/mol. The van der Waals surface area contributed by atoms with E-state index in [0.29, 0.717) is 6.54 Å². The van der Waals surface area contributed by atoms with Gasteiger partial charge in [0.15, 0.2) is 0 Å². The molecule has 1 N–H and O–H groups in total. The summed E-state index contributed by atoms with van der Waals surface area (Å²) in [6, 6.07) is 4.10. The standard InChI is InChI=1S/C18H23BrN2O3S/c19-17-9-14-16(25-17)8-15(18(22)20-10-12-5-3-7-23-12)21(14)11-13-4-1-2-6-24-13/h8-9,12-13H,1-7,10-11H2,(H,20,22)/t12-,13+/m0/s1. The van der Waals surface area contributed by atoms with Crippen LogP contribution in [-0.4, -0.2) is 42.4 Å². The lowest BCUT2D eigenvalue weighted by atomic mass is 10.1. The first-order chi connectivity index (χ1) is 12.2. The van der Waals surface area contributed by atoms with Crippen LogP contribution in [0.2, 0.25) is 0 Å². The first-order valence-corrected chi connectivity index (χ1v) is 10.6. The van der Waals surface area contributed by atoms with Crippen molar-refractivity contribution in [2.75, 3.05) is 19.8 Å². The van der Waals surface area contributed by atoms with Crippen molar-refractivity contribution in [3.05, 3.63) is 21.6 Å². The monoisotopic (exact) mass is 426 g/mol. The summed E-state index contributed by atoms with van der Waals surface area (Å²) < 4.78 is 15.8. The van der Waals surface area contributed by atoms with Crippen molar-refractivity contribution < 1.29 is 14.3 Å². The number of ether oxygens (including phenoxy) is 2. The van der Waals surface area contributed by atoms with Gasteiger partial charge in [0.25, 0.3) is 5.91 Å². The molecule has 2 aromatic rings. The van der Waals surface area contributed by atoms with Gasteiger partial charge in [-0.25, -0.2) is 0 Å². The van der Waals surface area contributed by atoms with E-state index in [0.717, 1.165) is 65.1 Å². The van der Waals surface area contributed by atoms with Gasteiger partial charge in [0.1, 0.15) is 5.69 Å². The molecule has 0 unspecified atom stereocenters. The number of hydrogen-bond donors (Lipinski definition) is 1. The summed E-state index contributed by atoms with van der Waals surface area (Å²) in [5, 5.41) is 3.05. The van der Waals surface area contributed by atoms with Crippen LogP contribution in [-0.2, 0) is 16.0 Å². The van der Waals surface area contributed by atoms with Crippen LogP contribution in [0.5, 0.6) is 0 Å². The minimum Gasteiger partial charge on any atom is -0.376 e. The van der Waals surface area contributed by atoms with Crippen LogP contribution in [0.1, 0.15) is 42.6 Å². The molecule has 136 valence electrons. The van der Waals surface area contributed by atoms with E-state index in [-0.39, 0.29) is 18.1 Å². The molecule has 0 radical (unpaired) electrons. The summed E-state index contributed by atoms with van der Waals surface area (Å²) in [6.07, 6.45) is 5.84. The van der Waals surface area contributed by atoms with Gasteiger partial charge >= 0.3 is 0 Å². The Balaban J connectivity index is 1.54. The van der Waals surface area contributed by atoms with Crippen molar-refractivity contribution in [1.29, 1.82) is 0 Å². The third-order valence-corrected chi connectivity index (χ3v) is 6.54. The van der Waals surface area contributed by atoms with E-state index in [4.69, 9.17) is 9.47 Å². The van der Waals surface area contributed by atoms with Crippen molar-refractivity contribution >= 4 is 43.4 Å². The molecule has 0 saturated carbocycles. The van der Waals surface area contributed by atoms with Gasteiger partial charge < -0.3 is 19.4 Å². The van der Waals surface area contributed by atoms with E-state index in [1.807, 2.05) is 6.07 Å². The third-order valence-electron chi connectivity index (χ3n) is 4.97. The normalized spacial score (nSPS) is 24.0. The fraction of sp³-hybridized carbons (Fsp3) is 0.611. The molecule has 0 aromatic carbocycles. The molecule has 2 aromatic heterocycles. The van der Waals surface area contributed by atoms with E-state index in [1.165, 1.54) is 6.42 Å². The second-order valence-electron chi connectivity index (χ2n) is 6.77. The molecule has 7 heteroatoms. The summed E-state index contributed by atoms with van der Waals surface area (Å²) in [5.41, 5.74) is 1.83. The van der Waals surface area contributed by atoms with Crippen LogP contribution < -0.4 is 5.32 Å². The van der Waals surface area contributed by atoms with Gasteiger partial charge in [-0.1, -0.05) is 0 Å². The molecule has 5 nitrogen and oxygen atoms in total. The average Bonchev–Trinajstić information content (AvgIpc) is 3.32. The summed E-state index contributed by atoms with van der Waals surface area (Å²) >= 11 is 5.22. The number of aromatic nitrogens is 1. The summed E-state index contributed by atoms with van der Waals surface area (Å²) in [5.74, 6) is -0.0224. The SMILES string of the molecule is O=C(NC[C@@H]1CCCO1)c1cc2sc(Br)cc2n1C[C@H]1CCCCO1. The van der Waals surface area contributed by atoms with Gasteiger partial charge in [-0.2, -0.15) is 0 Å². The van der Waals surface area contributed by atoms with Crippen LogP contribution >= 0.6 is 27.3 Å². The van der Waals surface area contributed by atoms with Crippen molar-refractivity contribution in [3.63, 3.8) is 0 Å². The van der Waals surface area contributed by atoms with Gasteiger partial charge in [0, 0.05) is 26.3 Å². The van der Waals surface area contributed by atoms with Crippen LogP contribution in [0.3, 0.4) is 0 Å². The lowest BCUT2D eigenvalue weighted by molar-refractivity contribution is 0.00636. The highest BCUT2D eigenvalue weighted by Crippen LogP contribution is 2.33. The zero-order valence-electron chi connectivity index (χ0n) is 14.1. The highest BCUT2D eigenvalue weighted by atomic mass is 79.9. The Hall–Kier alpha value is -0.890. The van der Waals surface area contributed by atoms with Crippen LogP contribution in [0.25, 0.3) is 10.2 Å². The number of carbonyl (C=O) groups is 1. The predicted octanol–water partition coefficient (Wildman–Crippen LogP) is 3.94. The largest absolute Gasteiger partial charge is 0.376 e. The summed E-state index contributed by atoms with van der Waals surface area (Å²) in [6.45, 7) is 2.94. The maximum atomic E-state index is 12.8. The fourth-order valence-electron chi connectivity index (χ4n) is 3.65. The Morgan fingerprint density at radius 2 is 2.00 bits per heavy atom. The molecule has 0 aliphatic carbocycles. The zero-order valence-corrected chi connectivity index (χ0v) is 16.5. The molecule has 4 heterocycles. The Morgan fingerprint density at radius 1 is 1.20 bits per heavy atom. The fourth-order valence-corrected chi connectivity index (χ4v) is 5.22. The Kier molecular flexibility index (Phi) is 5.45. The molecule has 4 rings (SSSR count). The smallest absolute Gasteiger partial charge is 0.268 e. The van der Waals surface area contributed by atoms with Gasteiger partial charge in [-0.15, -0.1) is 11.3 Å². The number of fused-ring (bicyclic) bond motifs is 1. The molecule has 2 aliphatic rings. The molecular weight excluding hydrogens is 404 g/mol. The maximum Gasteiger partial charge on any atom is 0.268 e. The number of halogens is 1. The van der Waals surface area contributed by atoms with E-state index >= 15 is 0 Å². The second-order valence-corrected chi connectivity index (χ2v) is 9.24. The number of nitrogens with one attached hydrogen (secondary N) is 1. The molecule has 25 heavy (non-hydrogen) atoms. The lowest BCUT2D eigenvalue weighted by Gasteiger charge is -2.24. The molecule has 0 spiro atoms. The predicted molar refractivity (Wildman–Crippen MR) is 102 cm³/mol. The van der Waals surface area contributed by atoms with Gasteiger partial charge in [0.2, 0.25) is 0 Å². The number of amides is 1. The van der Waals surface area contributed by atoms with Crippen LogP contribution in [0.4, 0.5) is 0 Å². The molecular formula is C18H23BrN2O3S. The first kappa shape index (κ1) is 17.5. The number of nitrogens with zero attached hydrogens (tertiary/aromatic N) is 1. The van der Waals surface area contributed by atoms with Crippen molar-refractivity contribution in [3.8, 4) is 0 Å². The second kappa shape index (κ2) is 7.78. The topological polar surface area (TPSA) is 52.5 Å². The first-order valence-electron chi connectivity index (χ1n) is 9.00. The number of hydrogen-bond acceptors (Lipinski definition) is 4. The lowest BCUT2D eigenvalue weighted by Crippen LogP contribution is -2.34. The minimum atomic E-state index is -0.0224. The maximum absolute atomic E-state index is 12.8. The molecule has 1 amide bonds. The van der Waals surface area contributed by atoms with Crippen LogP contribution in [0, 0.1) is 0 Å². The van der Waals surface area contributed by atoms with E-state index < -0.39 is 0 Å². The van der Waals surface area contributed by atoms with Crippen molar-refractivity contribution in [2.24, 2.45) is 0 Å². The van der Waals surface area contributed by atoms with Crippen LogP contribution in [0.15, 0.2) is 15.9 Å². The number of rotatable bonds is 5. The third kappa shape index (κ3) is 3.94. The Labute approximate surface area is 159 Å². The van der Waals surface area contributed by atoms with E-state index in [1.54, 1.807) is 11.3 Å². The van der Waals surface area contributed by atoms with Gasteiger partial charge in [-0.3, -0.25) is 4.79 Å². The molecule has 2 fully saturated rings. The molecule has 0 bridgehead atoms. The molecule has 2 atom stereocenters. The van der Waals surface area contributed by atoms with Gasteiger partial charge in [0.05, 0.1) is 26.2 Å². The zero-order chi connectivity index (χ0) is 17.2. The summed E-state index contributed by atoms with van der Waals surface area (Å²) in [4.78, 5) is 12.8. The number of thiophene rings is 1. The highest BCUT2D eigenvalue weighted by Gasteiger charge is 2.23. The minimum absolute atomic E-state index is 0.0224. The molecule has 2 aliphatic heterocycles. The summed E-state index contributed by atoms with van der Waals surface area (Å²) in [7, 11) is 0. The number of carbonyl (C=O) groups excluding carboxylic acids is 1. The van der Waals surface area contributed by atoms with Gasteiger partial charge in [-0.05, 0) is 60.2 Å². The van der Waals surface area contributed by atoms with E-state index in [9.17, 15) is 4.79 Å². The quantitative estimate of drug-likeness (QED) is 0.787. The van der Waals surface area contributed by atoms with Crippen molar-refractivity contribution in [1.82, 2.24) is 9.88 Å².